The van der Waals surface area contributed by atoms with Crippen LogP contribution in [0.3, 0.4) is 0 Å². The lowest BCUT2D eigenvalue weighted by molar-refractivity contribution is 0.275. The molecule has 0 aromatic heterocycles. The van der Waals surface area contributed by atoms with E-state index in [1.54, 1.807) is 0 Å². The molecule has 0 aromatic carbocycles. The smallest absolute Gasteiger partial charge is 0.303 e. The van der Waals surface area contributed by atoms with Gasteiger partial charge in [-0.3, -0.25) is 0 Å². The van der Waals surface area contributed by atoms with Crippen LogP contribution in [-0.2, 0) is 4.57 Å². The summed E-state index contributed by atoms with van der Waals surface area (Å²) < 4.78 is 8.88. The maximum absolute atomic E-state index is 8.88. The van der Waals surface area contributed by atoms with Crippen molar-refractivity contribution in [2.45, 2.75) is 25.7 Å². The highest BCUT2D eigenvalue weighted by Crippen LogP contribution is 2.25. The Morgan fingerprint density at radius 3 is 0.947 bits per heavy atom. The third kappa shape index (κ3) is 19.0. The summed E-state index contributed by atoms with van der Waals surface area (Å²) in [6.07, 6.45) is 3.60. The van der Waals surface area contributed by atoms with Crippen LogP contribution >= 0.6 is 54.2 Å². The van der Waals surface area contributed by atoms with Gasteiger partial charge in [-0.15, -0.1) is 46.4 Å². The molecular weight excluding hydrogens is 357 g/mol. The van der Waals surface area contributed by atoms with E-state index in [-0.39, 0.29) is 0 Å². The van der Waals surface area contributed by atoms with Crippen molar-refractivity contribution >= 4 is 54.2 Å². The average Bonchev–Trinajstić information content (AvgIpc) is 2.26. The molecule has 0 atom stereocenters. The first kappa shape index (κ1) is 22.3. The highest BCUT2D eigenvalue weighted by Gasteiger charge is 2.05. The Morgan fingerprint density at radius 1 is 0.684 bits per heavy atom. The van der Waals surface area contributed by atoms with Gasteiger partial charge in [-0.25, -0.2) is 4.57 Å². The van der Waals surface area contributed by atoms with E-state index in [2.05, 4.69) is 0 Å². The fourth-order valence-corrected chi connectivity index (χ4v) is 2.33. The molecule has 0 radical (unpaired) electrons. The van der Waals surface area contributed by atoms with Crippen molar-refractivity contribution in [1.82, 2.24) is 0 Å². The Hall–Kier alpha value is 1.01. The van der Waals surface area contributed by atoms with Crippen molar-refractivity contribution in [1.29, 1.82) is 0 Å². The summed E-state index contributed by atoms with van der Waals surface area (Å²) in [7, 11) is -4.64. The SMILES string of the molecule is ClCCC(CCCl)=C(CCCl)CCCl.O=P(O)(O)O. The van der Waals surface area contributed by atoms with Crippen molar-refractivity contribution in [2.75, 3.05) is 23.5 Å². The Bertz CT molecular complexity index is 251. The minimum Gasteiger partial charge on any atom is -0.303 e. The summed E-state index contributed by atoms with van der Waals surface area (Å²) in [5.41, 5.74) is 2.69. The first-order valence-electron chi connectivity index (χ1n) is 5.52. The van der Waals surface area contributed by atoms with Crippen molar-refractivity contribution in [3.8, 4) is 0 Å². The van der Waals surface area contributed by atoms with Crippen molar-refractivity contribution in [3.63, 3.8) is 0 Å². The Morgan fingerprint density at radius 2 is 0.842 bits per heavy atom. The Kier molecular flexibility index (Phi) is 16.4. The van der Waals surface area contributed by atoms with Gasteiger partial charge in [0.1, 0.15) is 0 Å². The molecule has 0 fully saturated rings. The summed E-state index contributed by atoms with van der Waals surface area (Å²) in [5, 5.41) is 0. The second kappa shape index (κ2) is 14.0. The molecule has 0 saturated heterocycles. The van der Waals surface area contributed by atoms with Crippen LogP contribution in [0.1, 0.15) is 25.7 Å². The van der Waals surface area contributed by atoms with E-state index >= 15 is 0 Å². The van der Waals surface area contributed by atoms with Crippen LogP contribution in [0, 0.1) is 0 Å². The summed E-state index contributed by atoms with van der Waals surface area (Å²) in [5.74, 6) is 2.56. The normalized spacial score (nSPS) is 10.7. The molecule has 0 aliphatic heterocycles. The zero-order valence-electron chi connectivity index (χ0n) is 10.4. The first-order valence-corrected chi connectivity index (χ1v) is 9.22. The number of hydrogen-bond acceptors (Lipinski definition) is 1. The third-order valence-electron chi connectivity index (χ3n) is 2.09. The predicted molar refractivity (Wildman–Crippen MR) is 82.6 cm³/mol. The Labute approximate surface area is 133 Å². The molecular formula is C10H19Cl4O4P. The lowest BCUT2D eigenvalue weighted by atomic mass is 9.99. The molecule has 0 heterocycles. The number of rotatable bonds is 8. The van der Waals surface area contributed by atoms with Gasteiger partial charge in [-0.05, 0) is 25.7 Å². The van der Waals surface area contributed by atoms with Crippen LogP contribution in [0.25, 0.3) is 0 Å². The molecule has 0 aromatic rings. The fourth-order valence-electron chi connectivity index (χ4n) is 1.41. The second-order valence-corrected chi connectivity index (χ2v) is 6.01. The number of alkyl halides is 4. The molecule has 0 unspecified atom stereocenters. The van der Waals surface area contributed by atoms with E-state index in [1.165, 1.54) is 11.1 Å². The van der Waals surface area contributed by atoms with Gasteiger partial charge in [0.05, 0.1) is 0 Å². The molecule has 9 heteroatoms. The third-order valence-corrected chi connectivity index (χ3v) is 2.84. The zero-order valence-corrected chi connectivity index (χ0v) is 14.3. The van der Waals surface area contributed by atoms with Crippen molar-refractivity contribution in [2.24, 2.45) is 0 Å². The molecule has 0 aliphatic rings. The number of phosphoric acid groups is 1. The molecule has 19 heavy (non-hydrogen) atoms. The molecule has 0 rings (SSSR count). The quantitative estimate of drug-likeness (QED) is 0.342. The van der Waals surface area contributed by atoms with Crippen LogP contribution in [0.15, 0.2) is 11.1 Å². The number of halogens is 4. The Balaban J connectivity index is 0. The van der Waals surface area contributed by atoms with Crippen molar-refractivity contribution < 1.29 is 19.2 Å². The van der Waals surface area contributed by atoms with E-state index in [9.17, 15) is 0 Å². The van der Waals surface area contributed by atoms with Crippen LogP contribution in [0.4, 0.5) is 0 Å². The zero-order chi connectivity index (χ0) is 15.3. The average molecular weight is 376 g/mol. The van der Waals surface area contributed by atoms with Gasteiger partial charge in [0, 0.05) is 23.5 Å². The molecule has 4 nitrogen and oxygen atoms in total. The van der Waals surface area contributed by atoms with Gasteiger partial charge in [0.25, 0.3) is 0 Å². The monoisotopic (exact) mass is 374 g/mol. The lowest BCUT2D eigenvalue weighted by Gasteiger charge is -2.12. The van der Waals surface area contributed by atoms with E-state index in [0.29, 0.717) is 23.5 Å². The predicted octanol–water partition coefficient (Wildman–Crippen LogP) is 3.87. The highest BCUT2D eigenvalue weighted by molar-refractivity contribution is 7.45. The van der Waals surface area contributed by atoms with Crippen molar-refractivity contribution in [3.05, 3.63) is 11.1 Å². The highest BCUT2D eigenvalue weighted by atomic mass is 35.5. The van der Waals surface area contributed by atoms with E-state index < -0.39 is 7.82 Å². The topological polar surface area (TPSA) is 77.8 Å². The van der Waals surface area contributed by atoms with Crippen LogP contribution in [0.5, 0.6) is 0 Å². The molecule has 0 amide bonds. The minimum atomic E-state index is -4.64. The molecule has 0 bridgehead atoms. The summed E-state index contributed by atoms with van der Waals surface area (Å²) in [6, 6.07) is 0. The first-order chi connectivity index (χ1) is 8.79. The molecule has 3 N–H and O–H groups in total. The van der Waals surface area contributed by atoms with E-state index in [1.807, 2.05) is 0 Å². The fraction of sp³-hybridized carbons (Fsp3) is 0.800. The van der Waals surface area contributed by atoms with Crippen LogP contribution < -0.4 is 0 Å². The molecule has 0 saturated carbocycles. The van der Waals surface area contributed by atoms with Crippen LogP contribution in [-0.4, -0.2) is 38.2 Å². The maximum Gasteiger partial charge on any atom is 0.466 e. The lowest BCUT2D eigenvalue weighted by Crippen LogP contribution is -1.97. The summed E-state index contributed by atoms with van der Waals surface area (Å²) in [6.45, 7) is 0. The molecule has 0 aliphatic carbocycles. The second-order valence-electron chi connectivity index (χ2n) is 3.48. The van der Waals surface area contributed by atoms with E-state index in [4.69, 9.17) is 65.6 Å². The van der Waals surface area contributed by atoms with Gasteiger partial charge in [0.2, 0.25) is 0 Å². The van der Waals surface area contributed by atoms with Gasteiger partial charge >= 0.3 is 7.82 Å². The van der Waals surface area contributed by atoms with Crippen LogP contribution in [0.2, 0.25) is 0 Å². The van der Waals surface area contributed by atoms with E-state index in [0.717, 1.165) is 25.7 Å². The summed E-state index contributed by atoms with van der Waals surface area (Å²) in [4.78, 5) is 21.6. The standard InChI is InChI=1S/C10H16Cl4.H3O4P/c11-5-1-9(2-6-12)10(3-7-13)4-8-14;1-5(2,3)4/h1-8H2;(H3,1,2,3,4). The number of allylic oxidation sites excluding steroid dienone is 2. The van der Waals surface area contributed by atoms with Gasteiger partial charge in [0.15, 0.2) is 0 Å². The molecule has 116 valence electrons. The molecule has 0 spiro atoms. The van der Waals surface area contributed by atoms with Gasteiger partial charge < -0.3 is 14.7 Å². The minimum absolute atomic E-state index is 0.639. The maximum atomic E-state index is 8.88. The summed E-state index contributed by atoms with van der Waals surface area (Å²) >= 11 is 22.9. The van der Waals surface area contributed by atoms with Gasteiger partial charge in [-0.1, -0.05) is 11.1 Å². The van der Waals surface area contributed by atoms with Gasteiger partial charge in [-0.2, -0.15) is 0 Å². The number of hydrogen-bond donors (Lipinski definition) is 3. The largest absolute Gasteiger partial charge is 0.466 e.